The molecule has 6 nitrogen and oxygen atoms in total. The molecule has 1 unspecified atom stereocenters. The molecule has 116 valence electrons. The Balaban J connectivity index is 2.04. The number of ether oxygens (including phenoxy) is 1. The van der Waals surface area contributed by atoms with E-state index in [0.717, 1.165) is 9.87 Å². The smallest absolute Gasteiger partial charge is 0.426 e. The van der Waals surface area contributed by atoms with Crippen molar-refractivity contribution in [3.8, 4) is 0 Å². The van der Waals surface area contributed by atoms with Crippen molar-refractivity contribution in [3.63, 3.8) is 0 Å². The molecule has 2 rings (SSSR count). The first-order chi connectivity index (χ1) is 9.90. The van der Waals surface area contributed by atoms with Crippen molar-refractivity contribution < 1.29 is 22.1 Å². The maximum Gasteiger partial charge on any atom is 0.426 e. The van der Waals surface area contributed by atoms with Crippen molar-refractivity contribution in [3.05, 3.63) is 35.9 Å². The van der Waals surface area contributed by atoms with Crippen molar-refractivity contribution in [1.29, 1.82) is 0 Å². The number of benzene rings is 1. The summed E-state index contributed by atoms with van der Waals surface area (Å²) in [5.74, 6) is 0.247. The first kappa shape index (κ1) is 15.8. The molecule has 0 radical (unpaired) electrons. The molecule has 1 heterocycles. The number of carbonyl (C=O) groups is 1. The van der Waals surface area contributed by atoms with Crippen molar-refractivity contribution in [2.24, 2.45) is 5.92 Å². The maximum atomic E-state index is 12.1. The highest BCUT2D eigenvalue weighted by atomic mass is 32.2. The maximum absolute atomic E-state index is 12.1. The van der Waals surface area contributed by atoms with Crippen molar-refractivity contribution in [1.82, 2.24) is 4.31 Å². The van der Waals surface area contributed by atoms with Crippen LogP contribution < -0.4 is 0 Å². The Morgan fingerprint density at radius 1 is 1.38 bits per heavy atom. The molecule has 1 saturated heterocycles. The van der Waals surface area contributed by atoms with Gasteiger partial charge in [0.05, 0.1) is 12.6 Å². The minimum absolute atomic E-state index is 0.0129. The summed E-state index contributed by atoms with van der Waals surface area (Å²) >= 11 is 0. The van der Waals surface area contributed by atoms with E-state index in [1.165, 1.54) is 0 Å². The van der Waals surface area contributed by atoms with Crippen LogP contribution in [0, 0.1) is 5.92 Å². The fraction of sp³-hybridized carbons (Fsp3) is 0.500. The fourth-order valence-corrected chi connectivity index (χ4v) is 3.39. The van der Waals surface area contributed by atoms with Crippen molar-refractivity contribution >= 4 is 16.4 Å². The third-order valence-corrected chi connectivity index (χ3v) is 4.47. The van der Waals surface area contributed by atoms with Gasteiger partial charge in [0.25, 0.3) is 0 Å². The van der Waals surface area contributed by atoms with Gasteiger partial charge in [0.1, 0.15) is 6.61 Å². The second kappa shape index (κ2) is 6.44. The summed E-state index contributed by atoms with van der Waals surface area (Å²) in [6.07, 6.45) is -0.346. The first-order valence-electron chi connectivity index (χ1n) is 6.79. The van der Waals surface area contributed by atoms with E-state index in [9.17, 15) is 13.2 Å². The molecule has 1 aromatic carbocycles. The fourth-order valence-electron chi connectivity index (χ4n) is 2.20. The summed E-state index contributed by atoms with van der Waals surface area (Å²) in [4.78, 5) is 12.1. The number of hydrogen-bond acceptors (Lipinski definition) is 5. The predicted octanol–water partition coefficient (Wildman–Crippen LogP) is 2.31. The van der Waals surface area contributed by atoms with E-state index >= 15 is 0 Å². The lowest BCUT2D eigenvalue weighted by atomic mass is 10.0. The Hall–Kier alpha value is -1.60. The van der Waals surface area contributed by atoms with Gasteiger partial charge in [-0.1, -0.05) is 44.2 Å². The average molecular weight is 313 g/mol. The molecule has 0 saturated carbocycles. The highest BCUT2D eigenvalue weighted by molar-refractivity contribution is 7.85. The van der Waals surface area contributed by atoms with Crippen LogP contribution in [0.15, 0.2) is 30.3 Å². The van der Waals surface area contributed by atoms with Crippen LogP contribution in [0.2, 0.25) is 0 Å². The number of hydrogen-bond donors (Lipinski definition) is 0. The molecule has 0 bridgehead atoms. The zero-order chi connectivity index (χ0) is 15.5. The first-order valence-corrected chi connectivity index (χ1v) is 8.16. The average Bonchev–Trinajstić information content (AvgIpc) is 2.71. The molecule has 7 heteroatoms. The number of nitrogens with zero attached hydrogens (tertiary/aromatic N) is 1. The van der Waals surface area contributed by atoms with Gasteiger partial charge < -0.3 is 4.74 Å². The molecule has 0 N–H and O–H groups in total. The van der Waals surface area contributed by atoms with E-state index in [-0.39, 0.29) is 19.1 Å². The lowest BCUT2D eigenvalue weighted by Gasteiger charge is -2.21. The lowest BCUT2D eigenvalue weighted by molar-refractivity contribution is 0.110. The minimum Gasteiger partial charge on any atom is -0.444 e. The molecule has 0 aliphatic carbocycles. The standard InChI is InChI=1S/C14H19NO5S/c1-11(2)8-13-10-20-21(17,18)15(13)14(16)19-9-12-6-4-3-5-7-12/h3-7,11,13H,8-10H2,1-2H3. The zero-order valence-corrected chi connectivity index (χ0v) is 12.9. The third kappa shape index (κ3) is 3.95. The predicted molar refractivity (Wildman–Crippen MR) is 76.6 cm³/mol. The van der Waals surface area contributed by atoms with Gasteiger partial charge >= 0.3 is 16.4 Å². The molecule has 1 fully saturated rings. The van der Waals surface area contributed by atoms with Crippen LogP contribution >= 0.6 is 0 Å². The molecule has 0 aromatic heterocycles. The summed E-state index contributed by atoms with van der Waals surface area (Å²) < 4.78 is 34.2. The van der Waals surface area contributed by atoms with Crippen LogP contribution in [-0.2, 0) is 25.8 Å². The monoisotopic (exact) mass is 313 g/mol. The second-order valence-corrected chi connectivity index (χ2v) is 6.85. The van der Waals surface area contributed by atoms with Crippen LogP contribution in [0.4, 0.5) is 4.79 Å². The van der Waals surface area contributed by atoms with Gasteiger partial charge in [0, 0.05) is 0 Å². The second-order valence-electron chi connectivity index (χ2n) is 5.36. The SMILES string of the molecule is CC(C)CC1COS(=O)(=O)N1C(=O)OCc1ccccc1. The molecule has 1 aliphatic heterocycles. The molecular weight excluding hydrogens is 294 g/mol. The Bertz CT molecular complexity index is 585. The van der Waals surface area contributed by atoms with Crippen LogP contribution in [0.1, 0.15) is 25.8 Å². The Labute approximate surface area is 124 Å². The van der Waals surface area contributed by atoms with Gasteiger partial charge in [-0.05, 0) is 17.9 Å². The minimum atomic E-state index is -4.03. The largest absolute Gasteiger partial charge is 0.444 e. The molecule has 1 aromatic rings. The molecule has 0 spiro atoms. The van der Waals surface area contributed by atoms with Crippen LogP contribution in [0.5, 0.6) is 0 Å². The highest BCUT2D eigenvalue weighted by Gasteiger charge is 2.43. The number of carbonyl (C=O) groups excluding carboxylic acids is 1. The number of amides is 1. The summed E-state index contributed by atoms with van der Waals surface area (Å²) in [5, 5.41) is 0. The molecular formula is C14H19NO5S. The summed E-state index contributed by atoms with van der Waals surface area (Å²) in [6.45, 7) is 3.93. The third-order valence-electron chi connectivity index (χ3n) is 3.11. The summed E-state index contributed by atoms with van der Waals surface area (Å²) in [6, 6.07) is 8.59. The van der Waals surface area contributed by atoms with Crippen LogP contribution in [0.25, 0.3) is 0 Å². The zero-order valence-electron chi connectivity index (χ0n) is 12.1. The quantitative estimate of drug-likeness (QED) is 0.853. The van der Waals surface area contributed by atoms with Gasteiger partial charge in [0.2, 0.25) is 0 Å². The van der Waals surface area contributed by atoms with Crippen molar-refractivity contribution in [2.45, 2.75) is 32.9 Å². The Morgan fingerprint density at radius 2 is 2.05 bits per heavy atom. The lowest BCUT2D eigenvalue weighted by Crippen LogP contribution is -2.40. The summed E-state index contributed by atoms with van der Waals surface area (Å²) in [5.41, 5.74) is 0.795. The van der Waals surface area contributed by atoms with Crippen LogP contribution in [-0.4, -0.2) is 31.5 Å². The van der Waals surface area contributed by atoms with Gasteiger partial charge in [0.15, 0.2) is 0 Å². The normalized spacial score (nSPS) is 20.7. The van der Waals surface area contributed by atoms with E-state index in [1.54, 1.807) is 12.1 Å². The van der Waals surface area contributed by atoms with Gasteiger partial charge in [-0.3, -0.25) is 4.18 Å². The van der Waals surface area contributed by atoms with E-state index in [1.807, 2.05) is 32.0 Å². The van der Waals surface area contributed by atoms with Crippen molar-refractivity contribution in [2.75, 3.05) is 6.61 Å². The summed E-state index contributed by atoms with van der Waals surface area (Å²) in [7, 11) is -4.03. The van der Waals surface area contributed by atoms with E-state index < -0.39 is 22.4 Å². The molecule has 1 atom stereocenters. The highest BCUT2D eigenvalue weighted by Crippen LogP contribution is 2.25. The molecule has 1 aliphatic rings. The van der Waals surface area contributed by atoms with E-state index in [4.69, 9.17) is 8.92 Å². The van der Waals surface area contributed by atoms with Gasteiger partial charge in [-0.2, -0.15) is 12.7 Å². The number of rotatable bonds is 4. The van der Waals surface area contributed by atoms with Crippen LogP contribution in [0.3, 0.4) is 0 Å². The molecule has 1 amide bonds. The topological polar surface area (TPSA) is 72.9 Å². The van der Waals surface area contributed by atoms with Gasteiger partial charge in [-0.25, -0.2) is 4.79 Å². The molecule has 21 heavy (non-hydrogen) atoms. The van der Waals surface area contributed by atoms with Gasteiger partial charge in [-0.15, -0.1) is 0 Å². The Kier molecular flexibility index (Phi) is 4.84. The van der Waals surface area contributed by atoms with E-state index in [0.29, 0.717) is 6.42 Å². The Morgan fingerprint density at radius 3 is 2.67 bits per heavy atom. The van der Waals surface area contributed by atoms with E-state index in [2.05, 4.69) is 0 Å².